The monoisotopic (exact) mass is 276 g/mol. The molecule has 0 saturated heterocycles. The van der Waals surface area contributed by atoms with Gasteiger partial charge in [0.15, 0.2) is 0 Å². The zero-order valence-corrected chi connectivity index (χ0v) is 12.2. The Morgan fingerprint density at radius 3 is 2.61 bits per heavy atom. The number of carbonyl (C=O) groups excluding carboxylic acids is 1. The summed E-state index contributed by atoms with van der Waals surface area (Å²) in [7, 11) is -2.15. The maximum atomic E-state index is 11.6. The lowest BCUT2D eigenvalue weighted by atomic mass is 9.79. The van der Waals surface area contributed by atoms with E-state index in [-0.39, 0.29) is 6.04 Å². The molecular formula is C12H24N2O3S. The van der Waals surface area contributed by atoms with Gasteiger partial charge in [-0.3, -0.25) is 4.79 Å². The molecule has 0 aromatic heterocycles. The van der Waals surface area contributed by atoms with Gasteiger partial charge in [0, 0.05) is 6.04 Å². The topological polar surface area (TPSA) is 75.3 Å². The van der Waals surface area contributed by atoms with Crippen LogP contribution >= 0.6 is 0 Å². The third kappa shape index (κ3) is 4.94. The largest absolute Gasteiger partial charge is 0.352 e. The van der Waals surface area contributed by atoms with Crippen molar-refractivity contribution in [2.24, 2.45) is 11.8 Å². The molecule has 0 bridgehead atoms. The average Bonchev–Trinajstić information content (AvgIpc) is 2.28. The van der Waals surface area contributed by atoms with E-state index < -0.39 is 21.7 Å². The van der Waals surface area contributed by atoms with E-state index in [4.69, 9.17) is 0 Å². The molecule has 0 radical (unpaired) electrons. The van der Waals surface area contributed by atoms with Crippen LogP contribution in [0.1, 0.15) is 39.5 Å². The average molecular weight is 276 g/mol. The molecule has 0 spiro atoms. The number of nitrogens with one attached hydrogen (secondary N) is 2. The van der Waals surface area contributed by atoms with Crippen LogP contribution in [0.15, 0.2) is 0 Å². The fourth-order valence-corrected chi connectivity index (χ4v) is 3.17. The van der Waals surface area contributed by atoms with Crippen molar-refractivity contribution in [1.29, 1.82) is 0 Å². The maximum absolute atomic E-state index is 11.6. The molecule has 1 aliphatic rings. The normalized spacial score (nSPS) is 26.6. The molecular weight excluding hydrogens is 252 g/mol. The molecule has 0 aromatic carbocycles. The zero-order chi connectivity index (χ0) is 13.8. The summed E-state index contributed by atoms with van der Waals surface area (Å²) in [5.41, 5.74) is 0. The van der Waals surface area contributed by atoms with Crippen molar-refractivity contribution in [3.63, 3.8) is 0 Å². The molecule has 1 aliphatic carbocycles. The van der Waals surface area contributed by atoms with Crippen molar-refractivity contribution in [2.75, 3.05) is 12.8 Å². The van der Waals surface area contributed by atoms with Crippen molar-refractivity contribution < 1.29 is 13.2 Å². The van der Waals surface area contributed by atoms with E-state index in [0.717, 1.165) is 12.8 Å². The Balaban J connectivity index is 2.44. The lowest BCUT2D eigenvalue weighted by Gasteiger charge is -2.31. The minimum atomic E-state index is -3.47. The van der Waals surface area contributed by atoms with Gasteiger partial charge in [-0.05, 0) is 38.6 Å². The summed E-state index contributed by atoms with van der Waals surface area (Å²) >= 11 is 0. The quantitative estimate of drug-likeness (QED) is 0.782. The molecule has 3 atom stereocenters. The fourth-order valence-electron chi connectivity index (χ4n) is 2.59. The second-order valence-electron chi connectivity index (χ2n) is 5.35. The van der Waals surface area contributed by atoms with E-state index in [1.165, 1.54) is 19.9 Å². The number of rotatable bonds is 5. The number of hydrogen-bond acceptors (Lipinski definition) is 3. The summed E-state index contributed by atoms with van der Waals surface area (Å²) in [5.74, 6) is 0.255. The van der Waals surface area contributed by atoms with Gasteiger partial charge in [0.1, 0.15) is 5.75 Å². The van der Waals surface area contributed by atoms with Gasteiger partial charge in [0.05, 0.1) is 0 Å². The molecule has 106 valence electrons. The van der Waals surface area contributed by atoms with Gasteiger partial charge < -0.3 is 5.32 Å². The molecule has 1 rings (SSSR count). The zero-order valence-electron chi connectivity index (χ0n) is 11.4. The Morgan fingerprint density at radius 1 is 1.39 bits per heavy atom. The van der Waals surface area contributed by atoms with Crippen LogP contribution in [0, 0.1) is 11.8 Å². The summed E-state index contributed by atoms with van der Waals surface area (Å²) in [4.78, 5) is 11.6. The van der Waals surface area contributed by atoms with Crippen LogP contribution in [0.4, 0.5) is 0 Å². The highest BCUT2D eigenvalue weighted by Crippen LogP contribution is 2.30. The molecule has 18 heavy (non-hydrogen) atoms. The van der Waals surface area contributed by atoms with E-state index >= 15 is 0 Å². The highest BCUT2D eigenvalue weighted by molar-refractivity contribution is 7.90. The lowest BCUT2D eigenvalue weighted by molar-refractivity contribution is -0.119. The first-order valence-electron chi connectivity index (χ1n) is 6.54. The first kappa shape index (κ1) is 15.4. The minimum absolute atomic E-state index is 0.0484. The van der Waals surface area contributed by atoms with Crippen LogP contribution in [-0.2, 0) is 14.8 Å². The molecule has 1 fully saturated rings. The summed E-state index contributed by atoms with van der Waals surface area (Å²) in [5, 5.41) is 2.80. The minimum Gasteiger partial charge on any atom is -0.352 e. The Labute approximate surface area is 110 Å². The first-order chi connectivity index (χ1) is 8.34. The maximum Gasteiger partial charge on any atom is 0.236 e. The molecule has 1 amide bonds. The third-order valence-corrected chi connectivity index (χ3v) is 4.97. The van der Waals surface area contributed by atoms with Gasteiger partial charge in [-0.2, -0.15) is 0 Å². The van der Waals surface area contributed by atoms with Crippen molar-refractivity contribution in [3.05, 3.63) is 0 Å². The van der Waals surface area contributed by atoms with E-state index in [0.29, 0.717) is 11.8 Å². The Bertz CT molecular complexity index is 381. The predicted octanol–water partition coefficient (Wildman–Crippen LogP) is 0.867. The van der Waals surface area contributed by atoms with Crippen molar-refractivity contribution in [1.82, 2.24) is 10.0 Å². The van der Waals surface area contributed by atoms with Crippen LogP contribution in [0.5, 0.6) is 0 Å². The lowest BCUT2D eigenvalue weighted by Crippen LogP contribution is -2.43. The fraction of sp³-hybridized carbons (Fsp3) is 0.917. The van der Waals surface area contributed by atoms with E-state index in [2.05, 4.69) is 17.0 Å². The summed E-state index contributed by atoms with van der Waals surface area (Å²) in [6, 6.07) is 0.0484. The number of hydrogen-bond donors (Lipinski definition) is 2. The smallest absolute Gasteiger partial charge is 0.236 e. The summed E-state index contributed by atoms with van der Waals surface area (Å²) in [6.07, 6.45) is 4.68. The highest BCUT2D eigenvalue weighted by Gasteiger charge is 2.25. The number of carbonyl (C=O) groups is 1. The Morgan fingerprint density at radius 2 is 2.06 bits per heavy atom. The molecule has 0 heterocycles. The number of sulfonamides is 1. The van der Waals surface area contributed by atoms with Gasteiger partial charge in [-0.1, -0.05) is 19.8 Å². The van der Waals surface area contributed by atoms with Crippen LogP contribution in [-0.4, -0.2) is 33.2 Å². The Kier molecular flexibility index (Phi) is 5.59. The van der Waals surface area contributed by atoms with Crippen molar-refractivity contribution in [3.8, 4) is 0 Å². The number of amides is 1. The molecule has 1 saturated carbocycles. The van der Waals surface area contributed by atoms with E-state index in [1.807, 2.05) is 6.92 Å². The summed E-state index contributed by atoms with van der Waals surface area (Å²) in [6.45, 7) is 4.19. The van der Waals surface area contributed by atoms with Gasteiger partial charge >= 0.3 is 0 Å². The van der Waals surface area contributed by atoms with Crippen LogP contribution in [0.3, 0.4) is 0 Å². The molecule has 0 aliphatic heterocycles. The van der Waals surface area contributed by atoms with Crippen molar-refractivity contribution in [2.45, 2.75) is 45.6 Å². The molecule has 0 unspecified atom stereocenters. The molecule has 2 N–H and O–H groups in total. The SMILES string of the molecule is CNS(=O)(=O)CC(=O)N[C@H](C)[C@H]1CCC[C@H](C)C1. The third-order valence-electron chi connectivity index (χ3n) is 3.70. The van der Waals surface area contributed by atoms with Crippen LogP contribution in [0.25, 0.3) is 0 Å². The van der Waals surface area contributed by atoms with E-state index in [1.54, 1.807) is 0 Å². The predicted molar refractivity (Wildman–Crippen MR) is 71.6 cm³/mol. The summed E-state index contributed by atoms with van der Waals surface area (Å²) < 4.78 is 24.6. The second-order valence-corrected chi connectivity index (χ2v) is 7.28. The Hall–Kier alpha value is -0.620. The molecule has 6 heteroatoms. The van der Waals surface area contributed by atoms with Crippen molar-refractivity contribution >= 4 is 15.9 Å². The van der Waals surface area contributed by atoms with Crippen LogP contribution in [0.2, 0.25) is 0 Å². The van der Waals surface area contributed by atoms with E-state index in [9.17, 15) is 13.2 Å². The highest BCUT2D eigenvalue weighted by atomic mass is 32.2. The molecule has 0 aromatic rings. The van der Waals surface area contributed by atoms with Gasteiger partial charge in [0.2, 0.25) is 15.9 Å². The standard InChI is InChI=1S/C12H24N2O3S/c1-9-5-4-6-11(7-9)10(2)14-12(15)8-18(16,17)13-3/h9-11,13H,4-8H2,1-3H3,(H,14,15)/t9-,10+,11-/m0/s1. The molecule has 5 nitrogen and oxygen atoms in total. The van der Waals surface area contributed by atoms with Gasteiger partial charge in [0.25, 0.3) is 0 Å². The second kappa shape index (κ2) is 6.52. The van der Waals surface area contributed by atoms with Gasteiger partial charge in [-0.25, -0.2) is 13.1 Å². The van der Waals surface area contributed by atoms with Crippen LogP contribution < -0.4 is 10.0 Å². The first-order valence-corrected chi connectivity index (χ1v) is 8.20. The van der Waals surface area contributed by atoms with Gasteiger partial charge in [-0.15, -0.1) is 0 Å².